The number of hydrogen-bond donors (Lipinski definition) is 3. The van der Waals surface area contributed by atoms with E-state index in [0.29, 0.717) is 30.2 Å². The molecule has 9 heteroatoms. The molecule has 0 radical (unpaired) electrons. The third kappa shape index (κ3) is 4.85. The Morgan fingerprint density at radius 3 is 2.57 bits per heavy atom. The number of para-hydroxylation sites is 1. The maximum Gasteiger partial charge on any atom is 0.255 e. The Kier molecular flexibility index (Phi) is 7.07. The van der Waals surface area contributed by atoms with Gasteiger partial charge < -0.3 is 26.3 Å². The van der Waals surface area contributed by atoms with Crippen LogP contribution in [0.2, 0.25) is 0 Å². The van der Waals surface area contributed by atoms with Crippen molar-refractivity contribution in [2.45, 2.75) is 39.0 Å². The topological polar surface area (TPSA) is 134 Å². The van der Waals surface area contributed by atoms with Crippen LogP contribution >= 0.6 is 0 Å². The average molecular weight is 478 g/mol. The summed E-state index contributed by atoms with van der Waals surface area (Å²) in [7, 11) is 1.53. The van der Waals surface area contributed by atoms with Crippen LogP contribution in [-0.2, 0) is 11.3 Å². The van der Waals surface area contributed by atoms with Gasteiger partial charge in [-0.1, -0.05) is 43.3 Å². The fourth-order valence-corrected chi connectivity index (χ4v) is 4.48. The molecule has 1 aromatic heterocycles. The predicted molar refractivity (Wildman–Crippen MR) is 133 cm³/mol. The van der Waals surface area contributed by atoms with Gasteiger partial charge in [-0.3, -0.25) is 9.59 Å². The third-order valence-electron chi connectivity index (χ3n) is 6.68. The van der Waals surface area contributed by atoms with Gasteiger partial charge in [0.15, 0.2) is 0 Å². The first kappa shape index (κ1) is 24.3. The van der Waals surface area contributed by atoms with Crippen LogP contribution in [0.5, 0.6) is 5.75 Å². The van der Waals surface area contributed by atoms with Gasteiger partial charge in [-0.15, -0.1) is 0 Å². The largest absolute Gasteiger partial charge is 0.496 e. The highest BCUT2D eigenvalue weighted by Gasteiger charge is 2.33. The molecule has 0 saturated carbocycles. The van der Waals surface area contributed by atoms with E-state index in [2.05, 4.69) is 12.2 Å². The Morgan fingerprint density at radius 2 is 1.89 bits per heavy atom. The zero-order valence-electron chi connectivity index (χ0n) is 20.2. The van der Waals surface area contributed by atoms with Crippen LogP contribution in [0, 0.1) is 5.92 Å². The molecule has 0 spiro atoms. The number of primary amides is 1. The summed E-state index contributed by atoms with van der Waals surface area (Å²) in [6, 6.07) is 14.5. The van der Waals surface area contributed by atoms with Crippen LogP contribution in [0.4, 0.5) is 5.82 Å². The third-order valence-corrected chi connectivity index (χ3v) is 6.68. The molecule has 35 heavy (non-hydrogen) atoms. The van der Waals surface area contributed by atoms with Gasteiger partial charge in [-0.25, -0.2) is 4.68 Å². The average Bonchev–Trinajstić information content (AvgIpc) is 3.21. The molecule has 2 heterocycles. The number of aromatic nitrogens is 2. The van der Waals surface area contributed by atoms with Gasteiger partial charge >= 0.3 is 0 Å². The van der Waals surface area contributed by atoms with Crippen LogP contribution in [0.1, 0.15) is 52.6 Å². The summed E-state index contributed by atoms with van der Waals surface area (Å²) in [4.78, 5) is 24.9. The number of benzene rings is 2. The summed E-state index contributed by atoms with van der Waals surface area (Å²) in [6.45, 7) is 5.05. The smallest absolute Gasteiger partial charge is 0.255 e. The molecule has 1 saturated heterocycles. The first-order valence-electron chi connectivity index (χ1n) is 11.6. The Hall–Kier alpha value is -3.85. The second-order valence-electron chi connectivity index (χ2n) is 8.79. The number of anilines is 1. The molecule has 0 aliphatic carbocycles. The second-order valence-corrected chi connectivity index (χ2v) is 8.79. The van der Waals surface area contributed by atoms with E-state index in [-0.39, 0.29) is 35.4 Å². The van der Waals surface area contributed by atoms with Crippen LogP contribution in [-0.4, -0.2) is 41.4 Å². The van der Waals surface area contributed by atoms with Crippen LogP contribution < -0.4 is 21.5 Å². The summed E-state index contributed by atoms with van der Waals surface area (Å²) in [5.41, 5.74) is 14.8. The van der Waals surface area contributed by atoms with Gasteiger partial charge in [0.05, 0.1) is 24.8 Å². The monoisotopic (exact) mass is 477 g/mol. The van der Waals surface area contributed by atoms with Gasteiger partial charge in [-0.2, -0.15) is 5.10 Å². The van der Waals surface area contributed by atoms with Crippen molar-refractivity contribution in [3.8, 4) is 17.0 Å². The molecule has 2 amide bonds. The lowest BCUT2D eigenvalue weighted by molar-refractivity contribution is -0.0370. The molecule has 1 fully saturated rings. The Labute approximate surface area is 204 Å². The molecule has 5 N–H and O–H groups in total. The molecule has 3 atom stereocenters. The van der Waals surface area contributed by atoms with E-state index in [1.165, 1.54) is 7.11 Å². The van der Waals surface area contributed by atoms with E-state index >= 15 is 0 Å². The van der Waals surface area contributed by atoms with Crippen molar-refractivity contribution >= 4 is 17.6 Å². The summed E-state index contributed by atoms with van der Waals surface area (Å²) in [5, 5.41) is 7.62. The number of rotatable bonds is 7. The fraction of sp³-hybridized carbons (Fsp3) is 0.346. The van der Waals surface area contributed by atoms with Crippen molar-refractivity contribution in [3.63, 3.8) is 0 Å². The highest BCUT2D eigenvalue weighted by Crippen LogP contribution is 2.36. The molecule has 1 aliphatic heterocycles. The number of methoxy groups -OCH3 is 1. The molecule has 9 nitrogen and oxygen atoms in total. The number of nitrogens with one attached hydrogen (secondary N) is 1. The quantitative estimate of drug-likeness (QED) is 0.478. The van der Waals surface area contributed by atoms with Crippen LogP contribution in [0.3, 0.4) is 0 Å². The van der Waals surface area contributed by atoms with Crippen molar-refractivity contribution in [3.05, 3.63) is 65.2 Å². The molecular formula is C26H31N5O4. The second kappa shape index (κ2) is 10.2. The Bertz CT molecular complexity index is 1220. The lowest BCUT2D eigenvalue weighted by atomic mass is 9.92. The normalized spacial score (nSPS) is 19.8. The zero-order chi connectivity index (χ0) is 25.1. The fourth-order valence-electron chi connectivity index (χ4n) is 4.48. The van der Waals surface area contributed by atoms with Gasteiger partial charge in [-0.05, 0) is 31.0 Å². The standard InChI is InChI=1S/C26H31N5O4/c1-15-16(2)35-13-12-20(15)31-24(27)22(25(28)32)23(30-31)18-10-8-17(9-11-18)14-29-26(33)19-6-4-5-7-21(19)34-3/h4-11,15-16,20H,12-14,27H2,1-3H3,(H2,28,32)(H,29,33)/t15-,16-,20-/m0/s1. The van der Waals surface area contributed by atoms with Crippen LogP contribution in [0.15, 0.2) is 48.5 Å². The number of amides is 2. The first-order chi connectivity index (χ1) is 16.8. The lowest BCUT2D eigenvalue weighted by Gasteiger charge is -2.34. The van der Waals surface area contributed by atoms with Crippen molar-refractivity contribution in [1.82, 2.24) is 15.1 Å². The first-order valence-corrected chi connectivity index (χ1v) is 11.6. The molecule has 3 aromatic rings. The summed E-state index contributed by atoms with van der Waals surface area (Å²) in [5.74, 6) is 0.111. The SMILES string of the molecule is COc1ccccc1C(=O)NCc1ccc(-c2nn([C@H]3CCO[C@@H](C)[C@@H]3C)c(N)c2C(N)=O)cc1. The van der Waals surface area contributed by atoms with Crippen molar-refractivity contribution < 1.29 is 19.1 Å². The Morgan fingerprint density at radius 1 is 1.17 bits per heavy atom. The highest BCUT2D eigenvalue weighted by atomic mass is 16.5. The highest BCUT2D eigenvalue weighted by molar-refractivity contribution is 6.03. The minimum absolute atomic E-state index is 0.00932. The van der Waals surface area contributed by atoms with E-state index in [4.69, 9.17) is 26.0 Å². The number of carbonyl (C=O) groups is 2. The van der Waals surface area contributed by atoms with Gasteiger partial charge in [0.2, 0.25) is 0 Å². The van der Waals surface area contributed by atoms with Crippen molar-refractivity contribution in [2.24, 2.45) is 11.7 Å². The number of hydrogen-bond acceptors (Lipinski definition) is 6. The number of carbonyl (C=O) groups excluding carboxylic acids is 2. The van der Waals surface area contributed by atoms with Gasteiger partial charge in [0, 0.05) is 24.6 Å². The maximum absolute atomic E-state index is 12.6. The van der Waals surface area contributed by atoms with E-state index in [9.17, 15) is 9.59 Å². The van der Waals surface area contributed by atoms with Crippen molar-refractivity contribution in [2.75, 3.05) is 19.5 Å². The molecule has 0 unspecified atom stereocenters. The van der Waals surface area contributed by atoms with E-state index in [1.807, 2.05) is 37.3 Å². The minimum Gasteiger partial charge on any atom is -0.496 e. The molecule has 4 rings (SSSR count). The van der Waals surface area contributed by atoms with E-state index < -0.39 is 5.91 Å². The van der Waals surface area contributed by atoms with Crippen molar-refractivity contribution in [1.29, 1.82) is 0 Å². The van der Waals surface area contributed by atoms with E-state index in [1.54, 1.807) is 22.9 Å². The summed E-state index contributed by atoms with van der Waals surface area (Å²) >= 11 is 0. The molecule has 2 aromatic carbocycles. The number of nitrogens with two attached hydrogens (primary N) is 2. The molecule has 184 valence electrons. The Balaban J connectivity index is 1.55. The van der Waals surface area contributed by atoms with Gasteiger partial charge in [0.25, 0.3) is 11.8 Å². The van der Waals surface area contributed by atoms with Crippen LogP contribution in [0.25, 0.3) is 11.3 Å². The minimum atomic E-state index is -0.621. The van der Waals surface area contributed by atoms with E-state index in [0.717, 1.165) is 17.5 Å². The molecular weight excluding hydrogens is 446 g/mol. The predicted octanol–water partition coefficient (Wildman–Crippen LogP) is 3.16. The zero-order valence-corrected chi connectivity index (χ0v) is 20.2. The molecule has 1 aliphatic rings. The van der Waals surface area contributed by atoms with Gasteiger partial charge in [0.1, 0.15) is 22.8 Å². The number of nitrogens with zero attached hydrogens (tertiary/aromatic N) is 2. The number of nitrogen functional groups attached to an aromatic ring is 1. The summed E-state index contributed by atoms with van der Waals surface area (Å²) in [6.07, 6.45) is 0.808. The molecule has 0 bridgehead atoms. The summed E-state index contributed by atoms with van der Waals surface area (Å²) < 4.78 is 12.7. The number of ether oxygens (including phenoxy) is 2. The lowest BCUT2D eigenvalue weighted by Crippen LogP contribution is -2.35. The maximum atomic E-state index is 12.6.